The molecule has 0 saturated heterocycles. The number of hydrogen-bond donors (Lipinski definition) is 2. The largest absolute Gasteiger partial charge is 0.486 e. The van der Waals surface area contributed by atoms with Gasteiger partial charge in [0.15, 0.2) is 16.6 Å². The maximum atomic E-state index is 5.58. The average Bonchev–Trinajstić information content (AvgIpc) is 2.65. The van der Waals surface area contributed by atoms with Crippen molar-refractivity contribution in [3.05, 3.63) is 48.5 Å². The van der Waals surface area contributed by atoms with E-state index in [1.807, 2.05) is 24.3 Å². The van der Waals surface area contributed by atoms with E-state index < -0.39 is 0 Å². The van der Waals surface area contributed by atoms with E-state index in [0.29, 0.717) is 18.3 Å². The van der Waals surface area contributed by atoms with E-state index in [1.165, 1.54) is 5.69 Å². The molecule has 6 heteroatoms. The van der Waals surface area contributed by atoms with E-state index in [1.54, 1.807) is 0 Å². The Hall–Kier alpha value is -2.47. The smallest absolute Gasteiger partial charge is 0.170 e. The number of nitrogens with one attached hydrogen (secondary N) is 2. The zero-order valence-corrected chi connectivity index (χ0v) is 15.1. The molecule has 0 spiro atoms. The molecule has 0 fully saturated rings. The SMILES string of the molecule is CN(CCCNC(=S)Nc1ccc2c(c1)OCCO2)c1ccccc1. The third-order valence-corrected chi connectivity index (χ3v) is 4.20. The molecule has 1 aliphatic heterocycles. The highest BCUT2D eigenvalue weighted by molar-refractivity contribution is 7.80. The monoisotopic (exact) mass is 357 g/mol. The molecular weight excluding hydrogens is 334 g/mol. The van der Waals surface area contributed by atoms with Gasteiger partial charge in [-0.1, -0.05) is 18.2 Å². The van der Waals surface area contributed by atoms with Crippen molar-refractivity contribution in [3.8, 4) is 11.5 Å². The number of ether oxygens (including phenoxy) is 2. The van der Waals surface area contributed by atoms with Crippen LogP contribution in [0.4, 0.5) is 11.4 Å². The standard InChI is InChI=1S/C19H23N3O2S/c1-22(16-6-3-2-4-7-16)11-5-10-20-19(25)21-15-8-9-17-18(14-15)24-13-12-23-17/h2-4,6-9,14H,5,10-13H2,1H3,(H2,20,21,25). The molecule has 132 valence electrons. The lowest BCUT2D eigenvalue weighted by Crippen LogP contribution is -2.31. The van der Waals surface area contributed by atoms with Gasteiger partial charge in [0, 0.05) is 37.6 Å². The molecule has 0 aromatic heterocycles. The van der Waals surface area contributed by atoms with E-state index in [9.17, 15) is 0 Å². The number of nitrogens with zero attached hydrogens (tertiary/aromatic N) is 1. The number of thiocarbonyl (C=S) groups is 1. The Morgan fingerprint density at radius 2 is 1.84 bits per heavy atom. The third kappa shape index (κ3) is 5.00. The van der Waals surface area contributed by atoms with Gasteiger partial charge in [0.1, 0.15) is 13.2 Å². The van der Waals surface area contributed by atoms with Gasteiger partial charge in [0.05, 0.1) is 0 Å². The topological polar surface area (TPSA) is 45.8 Å². The molecule has 5 nitrogen and oxygen atoms in total. The van der Waals surface area contributed by atoms with E-state index in [0.717, 1.165) is 36.7 Å². The van der Waals surface area contributed by atoms with Crippen molar-refractivity contribution in [2.75, 3.05) is 43.6 Å². The Kier molecular flexibility index (Phi) is 5.95. The van der Waals surface area contributed by atoms with Crippen molar-refractivity contribution >= 4 is 28.7 Å². The summed E-state index contributed by atoms with van der Waals surface area (Å²) >= 11 is 5.36. The van der Waals surface area contributed by atoms with E-state index in [2.05, 4.69) is 46.8 Å². The maximum Gasteiger partial charge on any atom is 0.170 e. The van der Waals surface area contributed by atoms with Gasteiger partial charge < -0.3 is 25.0 Å². The van der Waals surface area contributed by atoms with Crippen molar-refractivity contribution < 1.29 is 9.47 Å². The van der Waals surface area contributed by atoms with Gasteiger partial charge in [-0.3, -0.25) is 0 Å². The van der Waals surface area contributed by atoms with Crippen LogP contribution in [-0.2, 0) is 0 Å². The Morgan fingerprint density at radius 1 is 1.08 bits per heavy atom. The summed E-state index contributed by atoms with van der Waals surface area (Å²) < 4.78 is 11.1. The van der Waals surface area contributed by atoms with Crippen LogP contribution >= 0.6 is 12.2 Å². The fourth-order valence-electron chi connectivity index (χ4n) is 2.63. The van der Waals surface area contributed by atoms with Crippen LogP contribution in [0.25, 0.3) is 0 Å². The zero-order chi connectivity index (χ0) is 17.5. The van der Waals surface area contributed by atoms with Crippen LogP contribution in [-0.4, -0.2) is 38.5 Å². The van der Waals surface area contributed by atoms with Gasteiger partial charge in [0.2, 0.25) is 0 Å². The molecule has 2 aromatic rings. The normalized spacial score (nSPS) is 12.4. The van der Waals surface area contributed by atoms with Gasteiger partial charge >= 0.3 is 0 Å². The molecule has 0 unspecified atom stereocenters. The van der Waals surface area contributed by atoms with Gasteiger partial charge in [-0.15, -0.1) is 0 Å². The second kappa shape index (κ2) is 8.58. The van der Waals surface area contributed by atoms with E-state index in [-0.39, 0.29) is 0 Å². The minimum Gasteiger partial charge on any atom is -0.486 e. The highest BCUT2D eigenvalue weighted by atomic mass is 32.1. The van der Waals surface area contributed by atoms with Gasteiger partial charge in [-0.2, -0.15) is 0 Å². The highest BCUT2D eigenvalue weighted by Crippen LogP contribution is 2.32. The van der Waals surface area contributed by atoms with Crippen LogP contribution in [0.5, 0.6) is 11.5 Å². The minimum atomic E-state index is 0.577. The summed E-state index contributed by atoms with van der Waals surface area (Å²) in [4.78, 5) is 2.24. The predicted molar refractivity (Wildman–Crippen MR) is 106 cm³/mol. The summed E-state index contributed by atoms with van der Waals surface area (Å²) in [5.41, 5.74) is 2.11. The molecule has 25 heavy (non-hydrogen) atoms. The molecular formula is C19H23N3O2S. The quantitative estimate of drug-likeness (QED) is 0.611. The van der Waals surface area contributed by atoms with Crippen LogP contribution in [0.3, 0.4) is 0 Å². The summed E-state index contributed by atoms with van der Waals surface area (Å²) in [6.45, 7) is 2.95. The van der Waals surface area contributed by atoms with Crippen LogP contribution < -0.4 is 25.0 Å². The lowest BCUT2D eigenvalue weighted by atomic mass is 10.2. The molecule has 0 atom stereocenters. The first-order chi connectivity index (χ1) is 12.2. The number of hydrogen-bond acceptors (Lipinski definition) is 4. The third-order valence-electron chi connectivity index (χ3n) is 3.95. The Bertz CT molecular complexity index is 709. The first-order valence-corrected chi connectivity index (χ1v) is 8.84. The van der Waals surface area contributed by atoms with Crippen LogP contribution in [0.1, 0.15) is 6.42 Å². The first kappa shape index (κ1) is 17.4. The first-order valence-electron chi connectivity index (χ1n) is 8.43. The Morgan fingerprint density at radius 3 is 2.64 bits per heavy atom. The number of rotatable bonds is 6. The molecule has 0 radical (unpaired) electrons. The van der Waals surface area contributed by atoms with Crippen LogP contribution in [0, 0.1) is 0 Å². The van der Waals surface area contributed by atoms with E-state index >= 15 is 0 Å². The minimum absolute atomic E-state index is 0.577. The number of para-hydroxylation sites is 1. The lowest BCUT2D eigenvalue weighted by Gasteiger charge is -2.20. The maximum absolute atomic E-state index is 5.58. The molecule has 2 aromatic carbocycles. The second-order valence-electron chi connectivity index (χ2n) is 5.85. The van der Waals surface area contributed by atoms with Crippen LogP contribution in [0.2, 0.25) is 0 Å². The molecule has 0 aliphatic carbocycles. The van der Waals surface area contributed by atoms with Gasteiger partial charge in [-0.05, 0) is 42.9 Å². The summed E-state index contributed by atoms with van der Waals surface area (Å²) in [6.07, 6.45) is 0.994. The second-order valence-corrected chi connectivity index (χ2v) is 6.26. The Balaban J connectivity index is 1.40. The molecule has 1 aliphatic rings. The van der Waals surface area contributed by atoms with Gasteiger partial charge in [-0.25, -0.2) is 0 Å². The number of benzene rings is 2. The average molecular weight is 357 g/mol. The molecule has 3 rings (SSSR count). The summed E-state index contributed by atoms with van der Waals surface area (Å²) in [6, 6.07) is 16.1. The van der Waals surface area contributed by atoms with Gasteiger partial charge in [0.25, 0.3) is 0 Å². The highest BCUT2D eigenvalue weighted by Gasteiger charge is 2.12. The lowest BCUT2D eigenvalue weighted by molar-refractivity contribution is 0.171. The van der Waals surface area contributed by atoms with E-state index in [4.69, 9.17) is 21.7 Å². The predicted octanol–water partition coefficient (Wildman–Crippen LogP) is 3.27. The zero-order valence-electron chi connectivity index (χ0n) is 14.3. The number of anilines is 2. The number of fused-ring (bicyclic) bond motifs is 1. The van der Waals surface area contributed by atoms with Crippen molar-refractivity contribution in [1.29, 1.82) is 0 Å². The fraction of sp³-hybridized carbons (Fsp3) is 0.316. The van der Waals surface area contributed by atoms with Crippen molar-refractivity contribution in [1.82, 2.24) is 5.32 Å². The van der Waals surface area contributed by atoms with Crippen molar-refractivity contribution in [2.24, 2.45) is 0 Å². The molecule has 1 heterocycles. The summed E-state index contributed by atoms with van der Waals surface area (Å²) in [5.74, 6) is 1.53. The molecule has 0 amide bonds. The summed E-state index contributed by atoms with van der Waals surface area (Å²) in [7, 11) is 2.10. The molecule has 0 bridgehead atoms. The van der Waals surface area contributed by atoms with Crippen molar-refractivity contribution in [3.63, 3.8) is 0 Å². The Labute approximate surface area is 153 Å². The van der Waals surface area contributed by atoms with Crippen LogP contribution in [0.15, 0.2) is 48.5 Å². The fourth-order valence-corrected chi connectivity index (χ4v) is 2.85. The van der Waals surface area contributed by atoms with Crippen molar-refractivity contribution in [2.45, 2.75) is 6.42 Å². The molecule has 2 N–H and O–H groups in total. The summed E-state index contributed by atoms with van der Waals surface area (Å²) in [5, 5.41) is 7.03. The molecule has 0 saturated carbocycles.